The summed E-state index contributed by atoms with van der Waals surface area (Å²) in [5.41, 5.74) is 0. The first-order chi connectivity index (χ1) is 7.58. The van der Waals surface area contributed by atoms with Crippen LogP contribution in [0.3, 0.4) is 0 Å². The van der Waals surface area contributed by atoms with Gasteiger partial charge in [-0.05, 0) is 17.7 Å². The van der Waals surface area contributed by atoms with E-state index < -0.39 is 0 Å². The van der Waals surface area contributed by atoms with Crippen molar-refractivity contribution in [1.29, 1.82) is 0 Å². The molecule has 0 radical (unpaired) electrons. The Balaban J connectivity index is 2.28. The molecule has 0 bridgehead atoms. The van der Waals surface area contributed by atoms with Crippen LogP contribution in [0, 0.1) is 5.92 Å². The smallest absolute Gasteiger partial charge is 0.240 e. The Bertz CT molecular complexity index is 299. The average Bonchev–Trinajstić information content (AvgIpc) is 2.62. The van der Waals surface area contributed by atoms with Gasteiger partial charge in [-0.2, -0.15) is 16.7 Å². The Morgan fingerprint density at radius 2 is 2.06 bits per heavy atom. The first-order valence-corrected chi connectivity index (χ1v) is 6.76. The molecule has 0 spiro atoms. The second-order valence-electron chi connectivity index (χ2n) is 4.49. The van der Waals surface area contributed by atoms with Gasteiger partial charge in [0.1, 0.15) is 0 Å². The summed E-state index contributed by atoms with van der Waals surface area (Å²) in [7, 11) is 0. The van der Waals surface area contributed by atoms with E-state index in [4.69, 9.17) is 4.52 Å². The number of nitrogens with zero attached hydrogens (tertiary/aromatic N) is 2. The minimum atomic E-state index is 0.598. The number of nitrogens with one attached hydrogen (secondary N) is 1. The summed E-state index contributed by atoms with van der Waals surface area (Å²) in [5.74, 6) is 2.93. The topological polar surface area (TPSA) is 51.0 Å². The predicted octanol–water partition coefficient (Wildman–Crippen LogP) is 2.46. The van der Waals surface area contributed by atoms with Gasteiger partial charge in [-0.25, -0.2) is 0 Å². The minimum Gasteiger partial charge on any atom is -0.338 e. The van der Waals surface area contributed by atoms with E-state index >= 15 is 0 Å². The van der Waals surface area contributed by atoms with Crippen LogP contribution in [0.1, 0.15) is 39.4 Å². The van der Waals surface area contributed by atoms with Gasteiger partial charge in [-0.1, -0.05) is 32.9 Å². The summed E-state index contributed by atoms with van der Waals surface area (Å²) in [6, 6.07) is 0. The van der Waals surface area contributed by atoms with Crippen LogP contribution >= 0.6 is 11.8 Å². The molecule has 0 aliphatic rings. The molecule has 1 aromatic heterocycles. The van der Waals surface area contributed by atoms with Gasteiger partial charge < -0.3 is 9.84 Å². The summed E-state index contributed by atoms with van der Waals surface area (Å²) in [6.07, 6.45) is 0. The summed E-state index contributed by atoms with van der Waals surface area (Å²) in [4.78, 5) is 4.32. The molecule has 16 heavy (non-hydrogen) atoms. The van der Waals surface area contributed by atoms with Crippen molar-refractivity contribution in [2.45, 2.75) is 45.2 Å². The highest BCUT2D eigenvalue weighted by atomic mass is 32.2. The summed E-state index contributed by atoms with van der Waals surface area (Å²) < 4.78 is 5.14. The number of aromatic nitrogens is 2. The first kappa shape index (κ1) is 13.5. The van der Waals surface area contributed by atoms with Crippen LogP contribution in [0.15, 0.2) is 4.52 Å². The lowest BCUT2D eigenvalue weighted by molar-refractivity contribution is 0.360. The van der Waals surface area contributed by atoms with Gasteiger partial charge in [-0.3, -0.25) is 0 Å². The Morgan fingerprint density at radius 1 is 1.31 bits per heavy atom. The summed E-state index contributed by atoms with van der Waals surface area (Å²) in [6.45, 7) is 10.3. The SMILES string of the molecule is CC(C)CNCc1nc(CSC(C)C)no1. The van der Waals surface area contributed by atoms with E-state index in [1.54, 1.807) is 0 Å². The molecular formula is C11H21N3OS. The zero-order valence-electron chi connectivity index (χ0n) is 10.5. The van der Waals surface area contributed by atoms with Crippen LogP contribution in [0.4, 0.5) is 0 Å². The molecule has 4 nitrogen and oxygen atoms in total. The fourth-order valence-electron chi connectivity index (χ4n) is 1.13. The van der Waals surface area contributed by atoms with Gasteiger partial charge in [0.05, 0.1) is 12.3 Å². The zero-order chi connectivity index (χ0) is 12.0. The third-order valence-corrected chi connectivity index (χ3v) is 2.98. The van der Waals surface area contributed by atoms with Crippen molar-refractivity contribution >= 4 is 11.8 Å². The monoisotopic (exact) mass is 243 g/mol. The number of rotatable bonds is 7. The Hall–Kier alpha value is -0.550. The molecule has 0 atom stereocenters. The highest BCUT2D eigenvalue weighted by Crippen LogP contribution is 2.14. The Morgan fingerprint density at radius 3 is 2.69 bits per heavy atom. The highest BCUT2D eigenvalue weighted by Gasteiger charge is 2.06. The Kier molecular flexibility index (Phi) is 5.84. The fourth-order valence-corrected chi connectivity index (χ4v) is 1.73. The van der Waals surface area contributed by atoms with Crippen molar-refractivity contribution < 1.29 is 4.52 Å². The molecular weight excluding hydrogens is 222 g/mol. The molecule has 0 aliphatic carbocycles. The largest absolute Gasteiger partial charge is 0.338 e. The van der Waals surface area contributed by atoms with E-state index in [9.17, 15) is 0 Å². The van der Waals surface area contributed by atoms with Crippen LogP contribution < -0.4 is 5.32 Å². The normalized spacial score (nSPS) is 11.6. The number of hydrogen-bond donors (Lipinski definition) is 1. The molecule has 0 aliphatic heterocycles. The van der Waals surface area contributed by atoms with E-state index in [1.807, 2.05) is 11.8 Å². The molecule has 1 rings (SSSR count). The van der Waals surface area contributed by atoms with Crippen LogP contribution in [-0.4, -0.2) is 21.9 Å². The molecule has 1 N–H and O–H groups in total. The third-order valence-electron chi connectivity index (χ3n) is 1.88. The van der Waals surface area contributed by atoms with Crippen molar-refractivity contribution in [3.63, 3.8) is 0 Å². The standard InChI is InChI=1S/C11H21N3OS/c1-8(2)5-12-6-11-13-10(14-15-11)7-16-9(3)4/h8-9,12H,5-7H2,1-4H3. The van der Waals surface area contributed by atoms with E-state index in [0.29, 0.717) is 23.6 Å². The first-order valence-electron chi connectivity index (χ1n) is 5.71. The van der Waals surface area contributed by atoms with E-state index in [0.717, 1.165) is 18.1 Å². The zero-order valence-corrected chi connectivity index (χ0v) is 11.3. The maximum atomic E-state index is 5.14. The lowest BCUT2D eigenvalue weighted by Gasteiger charge is -2.03. The van der Waals surface area contributed by atoms with E-state index in [-0.39, 0.29) is 0 Å². The molecule has 0 unspecified atom stereocenters. The van der Waals surface area contributed by atoms with E-state index in [2.05, 4.69) is 43.2 Å². The van der Waals surface area contributed by atoms with Gasteiger partial charge in [0.15, 0.2) is 5.82 Å². The van der Waals surface area contributed by atoms with Crippen molar-refractivity contribution in [2.24, 2.45) is 5.92 Å². The molecule has 5 heteroatoms. The number of hydrogen-bond acceptors (Lipinski definition) is 5. The summed E-state index contributed by atoms with van der Waals surface area (Å²) in [5, 5.41) is 7.81. The van der Waals surface area contributed by atoms with Crippen molar-refractivity contribution in [3.05, 3.63) is 11.7 Å². The van der Waals surface area contributed by atoms with Crippen LogP contribution in [0.25, 0.3) is 0 Å². The second-order valence-corrected chi connectivity index (χ2v) is 6.05. The lowest BCUT2D eigenvalue weighted by atomic mass is 10.2. The van der Waals surface area contributed by atoms with Gasteiger partial charge in [0.25, 0.3) is 0 Å². The fraction of sp³-hybridized carbons (Fsp3) is 0.818. The molecule has 0 aromatic carbocycles. The minimum absolute atomic E-state index is 0.598. The van der Waals surface area contributed by atoms with Crippen LogP contribution in [-0.2, 0) is 12.3 Å². The quantitative estimate of drug-likeness (QED) is 0.797. The second kappa shape index (κ2) is 6.91. The van der Waals surface area contributed by atoms with Gasteiger partial charge in [0, 0.05) is 0 Å². The lowest BCUT2D eigenvalue weighted by Crippen LogP contribution is -2.19. The highest BCUT2D eigenvalue weighted by molar-refractivity contribution is 7.99. The molecule has 1 aromatic rings. The van der Waals surface area contributed by atoms with Crippen LogP contribution in [0.2, 0.25) is 0 Å². The van der Waals surface area contributed by atoms with Gasteiger partial charge in [-0.15, -0.1) is 0 Å². The maximum absolute atomic E-state index is 5.14. The molecule has 92 valence electrons. The molecule has 1 heterocycles. The summed E-state index contributed by atoms with van der Waals surface area (Å²) >= 11 is 1.82. The Labute approximate surface area is 102 Å². The average molecular weight is 243 g/mol. The van der Waals surface area contributed by atoms with Gasteiger partial charge >= 0.3 is 0 Å². The molecule has 0 amide bonds. The molecule has 0 saturated carbocycles. The maximum Gasteiger partial charge on any atom is 0.240 e. The molecule has 0 saturated heterocycles. The van der Waals surface area contributed by atoms with Gasteiger partial charge in [0.2, 0.25) is 5.89 Å². The number of thioether (sulfide) groups is 1. The van der Waals surface area contributed by atoms with E-state index in [1.165, 1.54) is 0 Å². The molecule has 0 fully saturated rings. The third kappa shape index (κ3) is 5.51. The van der Waals surface area contributed by atoms with Crippen LogP contribution in [0.5, 0.6) is 0 Å². The predicted molar refractivity (Wildman–Crippen MR) is 67.3 cm³/mol. The van der Waals surface area contributed by atoms with Crippen molar-refractivity contribution in [2.75, 3.05) is 6.54 Å². The van der Waals surface area contributed by atoms with Crippen molar-refractivity contribution in [3.8, 4) is 0 Å². The van der Waals surface area contributed by atoms with Crippen molar-refractivity contribution in [1.82, 2.24) is 15.5 Å².